The summed E-state index contributed by atoms with van der Waals surface area (Å²) in [5.41, 5.74) is 1.57. The van der Waals surface area contributed by atoms with Gasteiger partial charge >= 0.3 is 18.3 Å². The van der Waals surface area contributed by atoms with E-state index in [-0.39, 0.29) is 24.6 Å². The molecule has 2 aromatic heterocycles. The zero-order valence-electron chi connectivity index (χ0n) is 21.8. The summed E-state index contributed by atoms with van der Waals surface area (Å²) in [6, 6.07) is 9.95. The number of aryl methyl sites for hydroxylation is 2. The van der Waals surface area contributed by atoms with Crippen LogP contribution in [0.25, 0.3) is 11.2 Å². The number of alkyl carbamates (subject to hydrolysis) is 1. The van der Waals surface area contributed by atoms with E-state index in [2.05, 4.69) is 25.0 Å². The molecule has 0 saturated heterocycles. The van der Waals surface area contributed by atoms with E-state index >= 15 is 0 Å². The molecule has 4 aromatic rings. The van der Waals surface area contributed by atoms with Gasteiger partial charge in [-0.05, 0) is 55.2 Å². The van der Waals surface area contributed by atoms with E-state index in [1.807, 2.05) is 0 Å². The summed E-state index contributed by atoms with van der Waals surface area (Å²) < 4.78 is 85.8. The molecule has 0 bridgehead atoms. The van der Waals surface area contributed by atoms with Gasteiger partial charge in [-0.15, -0.1) is 0 Å². The average molecular weight is 595 g/mol. The summed E-state index contributed by atoms with van der Waals surface area (Å²) in [4.78, 5) is 23.6. The van der Waals surface area contributed by atoms with Gasteiger partial charge in [0, 0.05) is 19.6 Å². The van der Waals surface area contributed by atoms with Crippen LogP contribution in [0.5, 0.6) is 0 Å². The fourth-order valence-corrected chi connectivity index (χ4v) is 4.87. The number of hydrogen-bond donors (Lipinski definition) is 2. The number of fused-ring (bicyclic) bond motifs is 1. The molecule has 0 aliphatic heterocycles. The van der Waals surface area contributed by atoms with Crippen molar-refractivity contribution >= 4 is 27.3 Å². The predicted molar refractivity (Wildman–Crippen MR) is 139 cm³/mol. The van der Waals surface area contributed by atoms with Gasteiger partial charge in [0.2, 0.25) is 10.0 Å². The normalized spacial score (nSPS) is 12.0. The highest BCUT2D eigenvalue weighted by molar-refractivity contribution is 7.89. The van der Waals surface area contributed by atoms with Crippen LogP contribution in [-0.2, 0) is 40.6 Å². The monoisotopic (exact) mass is 594 g/mol. The number of rotatable bonds is 11. The molecule has 0 spiro atoms. The number of carbonyl (C=O) groups excluding carboxylic acids is 1. The fourth-order valence-electron chi connectivity index (χ4n) is 3.85. The standard InChI is InChI=1S/C26H26F4N6O4S/c1-17-22-23(35-24(27)34-17)36(16-32-22)12-2-3-13-40-25(37)31-14-18-6-10-21(11-7-18)41(38,39)33-15-19-4-8-20(9-5-19)26(28,29)30/h4-11,16,33H,2-3,12-15H2,1H3,(H,31,37). The Morgan fingerprint density at radius 3 is 2.32 bits per heavy atom. The summed E-state index contributed by atoms with van der Waals surface area (Å²) in [6.45, 7) is 2.24. The van der Waals surface area contributed by atoms with Crippen molar-refractivity contribution in [3.63, 3.8) is 0 Å². The van der Waals surface area contributed by atoms with Gasteiger partial charge in [-0.25, -0.2) is 27.9 Å². The first kappa shape index (κ1) is 29.9. The number of amides is 1. The molecule has 2 heterocycles. The Balaban J connectivity index is 1.17. The van der Waals surface area contributed by atoms with Crippen LogP contribution in [-0.4, -0.2) is 40.6 Å². The molecule has 0 atom stereocenters. The Kier molecular flexibility index (Phi) is 9.18. The first-order chi connectivity index (χ1) is 19.4. The molecule has 0 saturated carbocycles. The van der Waals surface area contributed by atoms with E-state index in [0.29, 0.717) is 47.4 Å². The minimum Gasteiger partial charge on any atom is -0.450 e. The third-order valence-electron chi connectivity index (χ3n) is 6.06. The van der Waals surface area contributed by atoms with Crippen LogP contribution >= 0.6 is 0 Å². The van der Waals surface area contributed by atoms with Gasteiger partial charge in [0.25, 0.3) is 0 Å². The summed E-state index contributed by atoms with van der Waals surface area (Å²) in [5.74, 6) is 0. The highest BCUT2D eigenvalue weighted by Crippen LogP contribution is 2.29. The average Bonchev–Trinajstić information content (AvgIpc) is 3.33. The van der Waals surface area contributed by atoms with Gasteiger partial charge in [-0.3, -0.25) is 0 Å². The second-order valence-electron chi connectivity index (χ2n) is 9.05. The minimum absolute atomic E-state index is 0.0363. The van der Waals surface area contributed by atoms with Gasteiger partial charge < -0.3 is 14.6 Å². The SMILES string of the molecule is Cc1nc(F)nc2c1ncn2CCCCOC(=O)NCc1ccc(S(=O)(=O)NCc2ccc(C(F)(F)F)cc2)cc1. The Morgan fingerprint density at radius 1 is 0.976 bits per heavy atom. The molecule has 15 heteroatoms. The number of aromatic nitrogens is 4. The molecule has 0 radical (unpaired) electrons. The predicted octanol–water partition coefficient (Wildman–Crippen LogP) is 4.48. The molecule has 0 aliphatic rings. The number of carbonyl (C=O) groups is 1. The highest BCUT2D eigenvalue weighted by atomic mass is 32.2. The van der Waals surface area contributed by atoms with Crippen LogP contribution in [0, 0.1) is 13.0 Å². The van der Waals surface area contributed by atoms with Crippen LogP contribution in [0.3, 0.4) is 0 Å². The van der Waals surface area contributed by atoms with Gasteiger partial charge in [0.15, 0.2) is 5.65 Å². The lowest BCUT2D eigenvalue weighted by molar-refractivity contribution is -0.137. The Bertz CT molecular complexity index is 1610. The summed E-state index contributed by atoms with van der Waals surface area (Å²) in [5, 5.41) is 2.58. The van der Waals surface area contributed by atoms with Gasteiger partial charge in [-0.2, -0.15) is 22.5 Å². The van der Waals surface area contributed by atoms with Gasteiger partial charge in [0.05, 0.1) is 29.1 Å². The molecule has 4 rings (SSSR count). The van der Waals surface area contributed by atoms with Crippen molar-refractivity contribution in [2.45, 2.75) is 50.5 Å². The van der Waals surface area contributed by atoms with E-state index in [4.69, 9.17) is 4.74 Å². The molecule has 10 nitrogen and oxygen atoms in total. The molecular weight excluding hydrogens is 568 g/mol. The third-order valence-corrected chi connectivity index (χ3v) is 7.47. The molecule has 0 unspecified atom stereocenters. The number of ether oxygens (including phenoxy) is 1. The van der Waals surface area contributed by atoms with Crippen molar-refractivity contribution in [2.75, 3.05) is 6.61 Å². The number of unbranched alkanes of at least 4 members (excludes halogenated alkanes) is 1. The number of benzene rings is 2. The van der Waals surface area contributed by atoms with E-state index in [9.17, 15) is 30.8 Å². The van der Waals surface area contributed by atoms with Crippen LogP contribution in [0.4, 0.5) is 22.4 Å². The zero-order valence-corrected chi connectivity index (χ0v) is 22.6. The summed E-state index contributed by atoms with van der Waals surface area (Å²) in [7, 11) is -3.91. The van der Waals surface area contributed by atoms with Crippen molar-refractivity contribution in [3.05, 3.63) is 83.3 Å². The lowest BCUT2D eigenvalue weighted by Gasteiger charge is -2.10. The molecule has 1 amide bonds. The molecule has 0 fully saturated rings. The second kappa shape index (κ2) is 12.6. The Morgan fingerprint density at radius 2 is 1.63 bits per heavy atom. The molecule has 2 N–H and O–H groups in total. The smallest absolute Gasteiger partial charge is 0.416 e. The maximum Gasteiger partial charge on any atom is 0.416 e. The largest absolute Gasteiger partial charge is 0.450 e. The number of alkyl halides is 3. The van der Waals surface area contributed by atoms with Gasteiger partial charge in [-0.1, -0.05) is 24.3 Å². The number of imidazole rings is 1. The lowest BCUT2D eigenvalue weighted by atomic mass is 10.1. The van der Waals surface area contributed by atoms with Crippen molar-refractivity contribution in [1.29, 1.82) is 0 Å². The molecular formula is C26H26F4N6O4S. The Labute approximate surface area is 232 Å². The summed E-state index contributed by atoms with van der Waals surface area (Å²) in [6.07, 6.45) is -3.19. The van der Waals surface area contributed by atoms with Crippen LogP contribution in [0.15, 0.2) is 59.8 Å². The third kappa shape index (κ3) is 7.98. The van der Waals surface area contributed by atoms with E-state index < -0.39 is 33.9 Å². The number of halogens is 4. The van der Waals surface area contributed by atoms with Crippen LogP contribution < -0.4 is 10.0 Å². The first-order valence-corrected chi connectivity index (χ1v) is 13.9. The quantitative estimate of drug-likeness (QED) is 0.149. The zero-order chi connectivity index (χ0) is 29.6. The minimum atomic E-state index is -4.47. The fraction of sp³-hybridized carbons (Fsp3) is 0.308. The Hall–Kier alpha value is -4.11. The lowest BCUT2D eigenvalue weighted by Crippen LogP contribution is -2.25. The van der Waals surface area contributed by atoms with Gasteiger partial charge in [0.1, 0.15) is 5.52 Å². The molecule has 2 aromatic carbocycles. The second-order valence-corrected chi connectivity index (χ2v) is 10.8. The van der Waals surface area contributed by atoms with E-state index in [0.717, 1.165) is 12.1 Å². The van der Waals surface area contributed by atoms with Crippen LogP contribution in [0.2, 0.25) is 0 Å². The number of sulfonamides is 1. The highest BCUT2D eigenvalue weighted by Gasteiger charge is 2.30. The van der Waals surface area contributed by atoms with Crippen molar-refractivity contribution in [2.24, 2.45) is 0 Å². The van der Waals surface area contributed by atoms with Crippen LogP contribution in [0.1, 0.15) is 35.2 Å². The number of nitrogens with zero attached hydrogens (tertiary/aromatic N) is 4. The maximum absolute atomic E-state index is 13.5. The topological polar surface area (TPSA) is 128 Å². The van der Waals surface area contributed by atoms with E-state index in [1.165, 1.54) is 36.4 Å². The molecule has 41 heavy (non-hydrogen) atoms. The number of hydrogen-bond acceptors (Lipinski definition) is 7. The maximum atomic E-state index is 13.5. The van der Waals surface area contributed by atoms with Crippen molar-refractivity contribution in [3.8, 4) is 0 Å². The van der Waals surface area contributed by atoms with Crippen molar-refractivity contribution in [1.82, 2.24) is 29.6 Å². The van der Waals surface area contributed by atoms with E-state index in [1.54, 1.807) is 17.8 Å². The first-order valence-electron chi connectivity index (χ1n) is 12.4. The molecule has 0 aliphatic carbocycles. The summed E-state index contributed by atoms with van der Waals surface area (Å²) >= 11 is 0. The number of nitrogens with one attached hydrogen (secondary N) is 2. The molecule has 218 valence electrons. The van der Waals surface area contributed by atoms with Crippen molar-refractivity contribution < 1.29 is 35.5 Å².